The first-order valence-corrected chi connectivity index (χ1v) is 5.88. The van der Waals surface area contributed by atoms with Crippen LogP contribution in [0.5, 0.6) is 0 Å². The van der Waals surface area contributed by atoms with E-state index in [0.717, 1.165) is 37.3 Å². The second kappa shape index (κ2) is 5.14. The Bertz CT molecular complexity index is 426. The van der Waals surface area contributed by atoms with Crippen molar-refractivity contribution in [1.29, 1.82) is 0 Å². The molecule has 1 fully saturated rings. The summed E-state index contributed by atoms with van der Waals surface area (Å²) in [6.45, 7) is 5.73. The van der Waals surface area contributed by atoms with Crippen molar-refractivity contribution in [3.05, 3.63) is 17.8 Å². The summed E-state index contributed by atoms with van der Waals surface area (Å²) in [5, 5.41) is 3.35. The van der Waals surface area contributed by atoms with Crippen LogP contribution in [0.1, 0.15) is 24.4 Å². The predicted octanol–water partition coefficient (Wildman–Crippen LogP) is 1.08. The number of aromatic nitrogens is 1. The maximum Gasteiger partial charge on any atom is 0.143 e. The summed E-state index contributed by atoms with van der Waals surface area (Å²) in [4.78, 5) is 8.11. The number of piperidine rings is 1. The topological polar surface area (TPSA) is 67.7 Å². The summed E-state index contributed by atoms with van der Waals surface area (Å²) in [5.41, 5.74) is 6.73. The fourth-order valence-electron chi connectivity index (χ4n) is 2.31. The molecule has 0 aromatic carbocycles. The van der Waals surface area contributed by atoms with Gasteiger partial charge in [0.25, 0.3) is 0 Å². The highest BCUT2D eigenvalue weighted by Gasteiger charge is 2.19. The van der Waals surface area contributed by atoms with Crippen LogP contribution in [0.3, 0.4) is 0 Å². The quantitative estimate of drug-likeness (QED) is 0.606. The second-order valence-corrected chi connectivity index (χ2v) is 4.21. The Morgan fingerprint density at radius 2 is 2.24 bits per heavy atom. The van der Waals surface area contributed by atoms with Crippen LogP contribution in [0.25, 0.3) is 0 Å². The molecule has 1 aromatic heterocycles. The molecule has 5 nitrogen and oxygen atoms in total. The van der Waals surface area contributed by atoms with Crippen molar-refractivity contribution in [2.24, 2.45) is 15.7 Å². The Morgan fingerprint density at radius 3 is 2.82 bits per heavy atom. The number of nitrogens with two attached hydrogens (primary N) is 1. The molecule has 1 aliphatic heterocycles. The minimum atomic E-state index is 0.482. The molecule has 0 atom stereocenters. The normalized spacial score (nSPS) is 18.3. The first kappa shape index (κ1) is 11.9. The van der Waals surface area contributed by atoms with Crippen LogP contribution in [-0.2, 0) is 0 Å². The number of aliphatic imine (C=N–C) groups is 2. The highest BCUT2D eigenvalue weighted by atomic mass is 15.1. The van der Waals surface area contributed by atoms with E-state index >= 15 is 0 Å². The van der Waals surface area contributed by atoms with Crippen LogP contribution in [-0.4, -0.2) is 37.3 Å². The molecule has 0 saturated carbocycles. The second-order valence-electron chi connectivity index (χ2n) is 4.21. The smallest absolute Gasteiger partial charge is 0.143 e. The van der Waals surface area contributed by atoms with E-state index in [9.17, 15) is 0 Å². The summed E-state index contributed by atoms with van der Waals surface area (Å²) in [7, 11) is 1.68. The monoisotopic (exact) mass is 233 g/mol. The molecular formula is C12H19N5. The minimum absolute atomic E-state index is 0.482. The molecule has 2 rings (SSSR count). The maximum absolute atomic E-state index is 5.85. The molecule has 0 spiro atoms. The van der Waals surface area contributed by atoms with Gasteiger partial charge >= 0.3 is 0 Å². The van der Waals surface area contributed by atoms with Crippen molar-refractivity contribution < 1.29 is 0 Å². The van der Waals surface area contributed by atoms with E-state index in [0.29, 0.717) is 11.9 Å². The average molecular weight is 233 g/mol. The summed E-state index contributed by atoms with van der Waals surface area (Å²) >= 11 is 0. The van der Waals surface area contributed by atoms with E-state index in [4.69, 9.17) is 5.73 Å². The molecule has 92 valence electrons. The van der Waals surface area contributed by atoms with Gasteiger partial charge in [-0.25, -0.2) is 4.99 Å². The molecule has 0 unspecified atom stereocenters. The lowest BCUT2D eigenvalue weighted by molar-refractivity contribution is 0.371. The number of nitrogens with zero attached hydrogens (tertiary/aromatic N) is 3. The van der Waals surface area contributed by atoms with Gasteiger partial charge in [0.2, 0.25) is 0 Å². The zero-order valence-corrected chi connectivity index (χ0v) is 10.2. The van der Waals surface area contributed by atoms with Crippen LogP contribution < -0.4 is 11.1 Å². The summed E-state index contributed by atoms with van der Waals surface area (Å²) in [6.07, 6.45) is 4.26. The van der Waals surface area contributed by atoms with E-state index in [1.54, 1.807) is 7.05 Å². The Morgan fingerprint density at radius 1 is 1.53 bits per heavy atom. The molecular weight excluding hydrogens is 214 g/mol. The van der Waals surface area contributed by atoms with Gasteiger partial charge in [-0.1, -0.05) is 0 Å². The highest BCUT2D eigenvalue weighted by molar-refractivity contribution is 6.01. The largest absolute Gasteiger partial charge is 0.383 e. The van der Waals surface area contributed by atoms with Crippen molar-refractivity contribution in [3.63, 3.8) is 0 Å². The van der Waals surface area contributed by atoms with Crippen LogP contribution in [0.2, 0.25) is 0 Å². The van der Waals surface area contributed by atoms with Gasteiger partial charge in [-0.2, -0.15) is 0 Å². The van der Waals surface area contributed by atoms with E-state index in [-0.39, 0.29) is 0 Å². The standard InChI is InChI=1S/C12H19N5/c1-14-11(13)10-5-8-17(12(10)15-2)9-3-6-16-7-4-9/h5,8-9,16H,2-4,6-7H2,1H3,(H2,13,14). The SMILES string of the molecule is C=Nc1c(C(N)=NC)ccn1C1CCNCC1. The number of nitrogens with one attached hydrogen (secondary N) is 1. The third-order valence-electron chi connectivity index (χ3n) is 3.26. The van der Waals surface area contributed by atoms with Gasteiger partial charge in [0.1, 0.15) is 11.7 Å². The molecule has 0 radical (unpaired) electrons. The maximum atomic E-state index is 5.85. The number of amidine groups is 1. The Kier molecular flexibility index (Phi) is 3.58. The minimum Gasteiger partial charge on any atom is -0.383 e. The Labute approximate surface area is 101 Å². The molecule has 0 bridgehead atoms. The first-order valence-electron chi connectivity index (χ1n) is 5.88. The highest BCUT2D eigenvalue weighted by Crippen LogP contribution is 2.29. The molecule has 2 heterocycles. The predicted molar refractivity (Wildman–Crippen MR) is 71.4 cm³/mol. The van der Waals surface area contributed by atoms with Crippen LogP contribution in [0.15, 0.2) is 22.2 Å². The average Bonchev–Trinajstić information content (AvgIpc) is 2.82. The summed E-state index contributed by atoms with van der Waals surface area (Å²) in [6, 6.07) is 2.45. The Hall–Kier alpha value is -1.62. The fraction of sp³-hybridized carbons (Fsp3) is 0.500. The molecule has 0 amide bonds. The number of rotatable bonds is 3. The van der Waals surface area contributed by atoms with E-state index in [1.807, 2.05) is 12.3 Å². The van der Waals surface area contributed by atoms with Crippen molar-refractivity contribution >= 4 is 18.4 Å². The third kappa shape index (κ3) is 2.24. The Balaban J connectivity index is 2.34. The molecule has 1 aliphatic rings. The van der Waals surface area contributed by atoms with Crippen LogP contribution in [0.4, 0.5) is 5.82 Å². The van der Waals surface area contributed by atoms with Gasteiger partial charge in [-0.3, -0.25) is 4.99 Å². The first-order chi connectivity index (χ1) is 8.27. The van der Waals surface area contributed by atoms with Gasteiger partial charge in [0.05, 0.1) is 5.56 Å². The molecule has 0 aliphatic carbocycles. The molecule has 1 saturated heterocycles. The van der Waals surface area contributed by atoms with Gasteiger partial charge in [0.15, 0.2) is 0 Å². The molecule has 1 aromatic rings. The zero-order valence-electron chi connectivity index (χ0n) is 10.2. The van der Waals surface area contributed by atoms with E-state index in [1.165, 1.54) is 0 Å². The lowest BCUT2D eigenvalue weighted by Gasteiger charge is -2.25. The zero-order chi connectivity index (χ0) is 12.3. The number of hydrogen-bond acceptors (Lipinski definition) is 3. The van der Waals surface area contributed by atoms with E-state index < -0.39 is 0 Å². The van der Waals surface area contributed by atoms with Crippen molar-refractivity contribution in [2.45, 2.75) is 18.9 Å². The van der Waals surface area contributed by atoms with Gasteiger partial charge in [-0.05, 0) is 38.7 Å². The van der Waals surface area contributed by atoms with Crippen molar-refractivity contribution in [3.8, 4) is 0 Å². The number of hydrogen-bond donors (Lipinski definition) is 2. The lowest BCUT2D eigenvalue weighted by atomic mass is 10.1. The third-order valence-corrected chi connectivity index (χ3v) is 3.26. The van der Waals surface area contributed by atoms with E-state index in [2.05, 4.69) is 26.6 Å². The van der Waals surface area contributed by atoms with Gasteiger partial charge in [-0.15, -0.1) is 0 Å². The summed E-state index contributed by atoms with van der Waals surface area (Å²) < 4.78 is 2.17. The molecule has 5 heteroatoms. The van der Waals surface area contributed by atoms with Crippen molar-refractivity contribution in [2.75, 3.05) is 20.1 Å². The lowest BCUT2D eigenvalue weighted by Crippen LogP contribution is -2.29. The van der Waals surface area contributed by atoms with Gasteiger partial charge < -0.3 is 15.6 Å². The van der Waals surface area contributed by atoms with Crippen LogP contribution >= 0.6 is 0 Å². The van der Waals surface area contributed by atoms with Crippen molar-refractivity contribution in [1.82, 2.24) is 9.88 Å². The molecule has 3 N–H and O–H groups in total. The van der Waals surface area contributed by atoms with Crippen LogP contribution in [0, 0.1) is 0 Å². The summed E-state index contributed by atoms with van der Waals surface area (Å²) in [5.74, 6) is 1.35. The van der Waals surface area contributed by atoms with Gasteiger partial charge in [0, 0.05) is 19.3 Å². The fourth-order valence-corrected chi connectivity index (χ4v) is 2.31. The molecule has 17 heavy (non-hydrogen) atoms.